The van der Waals surface area contributed by atoms with E-state index in [4.69, 9.17) is 5.73 Å². The van der Waals surface area contributed by atoms with Crippen LogP contribution in [0.25, 0.3) is 10.9 Å². The second-order valence-electron chi connectivity index (χ2n) is 23.8. The van der Waals surface area contributed by atoms with Crippen LogP contribution in [0.2, 0.25) is 0 Å². The molecule has 10 atom stereocenters. The molecule has 0 unspecified atom stereocenters. The monoisotopic (exact) mass is 1330 g/mol. The first kappa shape index (κ1) is 74.0. The SMILES string of the molecule is C[C@@H](O)[C@@H]1NC(=O)[C@H](CCCCN)NC(=O)[C@@H](Cc2c[nH]c3ccccc23)NC(=O)[C@H](Cc2ccccc2)NC(=O)[C@@H](NC(=O)[C@@H](Cc2ccccc2)NC(=O)c2ccc(CN3CCCNCCNCCCNCC3)cc2)CSSC[C@@H](C(=O)N[C@H](CO)[C@@H](C)O)NC1=O. The predicted octanol–water partition coefficient (Wildman–Crippen LogP) is 0.0305. The van der Waals surface area contributed by atoms with Crippen LogP contribution >= 0.6 is 21.6 Å². The molecule has 2 aliphatic rings. The average Bonchev–Trinajstić information content (AvgIpc) is 1.66. The molecule has 0 bridgehead atoms. The van der Waals surface area contributed by atoms with Crippen molar-refractivity contribution in [3.05, 3.63) is 143 Å². The van der Waals surface area contributed by atoms with Crippen molar-refractivity contribution in [2.24, 2.45) is 5.73 Å². The number of carbonyl (C=O) groups is 8. The molecule has 8 amide bonds. The number of nitrogens with one attached hydrogen (secondary N) is 12. The zero-order valence-electron chi connectivity index (χ0n) is 53.5. The molecule has 5 aromatic rings. The standard InChI is InChI=1S/C67H94N14O11S2/c1-43(83)56(40-82)77-66(91)58-42-94-93-41-57(78-63(88)53(35-45-15-5-3-6-16-45)74-60(85)48-24-22-47(23-25-48)39-81-33-14-29-70-31-30-69-27-13-28-71-32-34-81)65(90)75-54(36-46-17-7-4-8-18-46)62(87)76-55(37-49-38-72-51-20-10-9-19-50(49)51)64(89)73-52(21-11-12-26-68)61(86)80-59(44(2)84)67(92)79-58/h3-10,15-20,22-25,38,43-44,52-59,69-72,82-84H,11-14,21,26-37,39-42,68H2,1-2H3,(H,73,89)(H,74,85)(H,75,90)(H,76,87)(H,77,91)(H,78,88)(H,79,92)(H,80,86)/t43-,44-,52+,53-,54+,55-,56-,57+,58+,59+/m1/s1. The van der Waals surface area contributed by atoms with Gasteiger partial charge in [-0.05, 0) is 119 Å². The quantitative estimate of drug-likeness (QED) is 0.0340. The third-order valence-electron chi connectivity index (χ3n) is 16.4. The summed E-state index contributed by atoms with van der Waals surface area (Å²) in [6.45, 7) is 9.96. The molecule has 2 aliphatic heterocycles. The number of nitrogens with zero attached hydrogens (tertiary/aromatic N) is 1. The number of aliphatic hydroxyl groups is 3. The van der Waals surface area contributed by atoms with Crippen LogP contribution in [0.3, 0.4) is 0 Å². The van der Waals surface area contributed by atoms with E-state index < -0.39 is 114 Å². The number of hydrogen-bond acceptors (Lipinski definition) is 18. The van der Waals surface area contributed by atoms with Crippen LogP contribution in [0.4, 0.5) is 0 Å². The van der Waals surface area contributed by atoms with Gasteiger partial charge in [-0.15, -0.1) is 0 Å². The van der Waals surface area contributed by atoms with Gasteiger partial charge in [-0.2, -0.15) is 0 Å². The molecule has 17 N–H and O–H groups in total. The number of aromatic nitrogens is 1. The Morgan fingerprint density at radius 2 is 1.24 bits per heavy atom. The first-order valence-corrected chi connectivity index (χ1v) is 34.9. The summed E-state index contributed by atoms with van der Waals surface area (Å²) >= 11 is 0. The number of unbranched alkanes of at least 4 members (excludes halogenated alkanes) is 1. The van der Waals surface area contributed by atoms with Gasteiger partial charge in [0.1, 0.15) is 42.3 Å². The van der Waals surface area contributed by atoms with Gasteiger partial charge in [0.15, 0.2) is 0 Å². The molecule has 3 heterocycles. The van der Waals surface area contributed by atoms with Gasteiger partial charge in [-0.1, -0.05) is 113 Å². The number of H-pyrrole nitrogens is 1. The van der Waals surface area contributed by atoms with Crippen molar-refractivity contribution in [2.45, 2.75) is 132 Å². The number of rotatable bonds is 21. The zero-order valence-corrected chi connectivity index (χ0v) is 55.2. The van der Waals surface area contributed by atoms with Crippen molar-refractivity contribution in [1.82, 2.24) is 68.4 Å². The van der Waals surface area contributed by atoms with E-state index >= 15 is 14.4 Å². The Morgan fingerprint density at radius 3 is 1.93 bits per heavy atom. The fraction of sp³-hybridized carbons (Fsp3) is 0.493. The third-order valence-corrected chi connectivity index (χ3v) is 18.8. The van der Waals surface area contributed by atoms with E-state index in [0.29, 0.717) is 41.6 Å². The summed E-state index contributed by atoms with van der Waals surface area (Å²) < 4.78 is 0. The van der Waals surface area contributed by atoms with Gasteiger partial charge in [0.05, 0.1) is 24.9 Å². The minimum absolute atomic E-state index is 0.000420. The molecule has 1 aromatic heterocycles. The molecule has 4 aromatic carbocycles. The van der Waals surface area contributed by atoms with Crippen LogP contribution < -0.4 is 64.2 Å². The lowest BCUT2D eigenvalue weighted by atomic mass is 10.0. The normalized spacial score (nSPS) is 22.3. The molecule has 2 fully saturated rings. The van der Waals surface area contributed by atoms with Gasteiger partial charge < -0.3 is 84.5 Å². The molecule has 0 radical (unpaired) electrons. The van der Waals surface area contributed by atoms with E-state index in [2.05, 4.69) is 68.4 Å². The van der Waals surface area contributed by atoms with Crippen LogP contribution in [-0.4, -0.2) is 210 Å². The van der Waals surface area contributed by atoms with Gasteiger partial charge in [-0.3, -0.25) is 43.3 Å². The molecule has 27 heteroatoms. The number of para-hydroxylation sites is 1. The van der Waals surface area contributed by atoms with E-state index in [1.54, 1.807) is 72.9 Å². The van der Waals surface area contributed by atoms with Crippen molar-refractivity contribution in [2.75, 3.05) is 77.0 Å². The van der Waals surface area contributed by atoms with Crippen LogP contribution in [0.15, 0.2) is 115 Å². The average molecular weight is 1340 g/mol. The lowest BCUT2D eigenvalue weighted by Crippen LogP contribution is -2.62. The number of aromatic amines is 1. The van der Waals surface area contributed by atoms with Crippen LogP contribution in [0, 0.1) is 0 Å². The van der Waals surface area contributed by atoms with Gasteiger partial charge >= 0.3 is 0 Å². The van der Waals surface area contributed by atoms with Crippen molar-refractivity contribution < 1.29 is 53.7 Å². The summed E-state index contributed by atoms with van der Waals surface area (Å²) in [5, 5.41) is 64.9. The minimum Gasteiger partial charge on any atom is -0.394 e. The first-order valence-electron chi connectivity index (χ1n) is 32.4. The Hall–Kier alpha value is -7.44. The highest BCUT2D eigenvalue weighted by atomic mass is 33.1. The number of carbonyl (C=O) groups excluding carboxylic acids is 8. The Bertz CT molecular complexity index is 3190. The highest BCUT2D eigenvalue weighted by Gasteiger charge is 2.37. The lowest BCUT2D eigenvalue weighted by Gasteiger charge is -2.29. The molecule has 25 nitrogen and oxygen atoms in total. The topological polar surface area (TPSA) is 375 Å². The Labute approximate surface area is 557 Å². The molecule has 0 aliphatic carbocycles. The molecule has 0 saturated carbocycles. The molecular weight excluding hydrogens is 1240 g/mol. The van der Waals surface area contributed by atoms with Crippen LogP contribution in [0.1, 0.15) is 78.6 Å². The maximum absolute atomic E-state index is 15.2. The second kappa shape index (κ2) is 39.4. The van der Waals surface area contributed by atoms with Gasteiger partial charge in [0.2, 0.25) is 41.4 Å². The summed E-state index contributed by atoms with van der Waals surface area (Å²) in [7, 11) is 2.01. The van der Waals surface area contributed by atoms with E-state index in [9.17, 15) is 39.3 Å². The molecule has 2 saturated heterocycles. The van der Waals surface area contributed by atoms with E-state index in [-0.39, 0.29) is 43.7 Å². The van der Waals surface area contributed by atoms with Gasteiger partial charge in [0.25, 0.3) is 5.91 Å². The molecule has 510 valence electrons. The van der Waals surface area contributed by atoms with Crippen molar-refractivity contribution in [1.29, 1.82) is 0 Å². The Morgan fingerprint density at radius 1 is 0.628 bits per heavy atom. The minimum atomic E-state index is -1.70. The Balaban J connectivity index is 1.22. The number of aliphatic hydroxyl groups excluding tert-OH is 3. The van der Waals surface area contributed by atoms with E-state index in [1.165, 1.54) is 13.8 Å². The fourth-order valence-corrected chi connectivity index (χ4v) is 13.2. The van der Waals surface area contributed by atoms with Gasteiger partial charge in [0, 0.05) is 86.2 Å². The van der Waals surface area contributed by atoms with E-state index in [0.717, 1.165) is 103 Å². The summed E-state index contributed by atoms with van der Waals surface area (Å²) in [6.07, 6.45) is 1.47. The third kappa shape index (κ3) is 24.1. The molecule has 0 spiro atoms. The van der Waals surface area contributed by atoms with Crippen molar-refractivity contribution in [3.8, 4) is 0 Å². The second-order valence-corrected chi connectivity index (χ2v) is 26.4. The summed E-state index contributed by atoms with van der Waals surface area (Å²) in [4.78, 5) is 123. The zero-order chi connectivity index (χ0) is 67.2. The summed E-state index contributed by atoms with van der Waals surface area (Å²) in [6, 6.07) is 21.2. The summed E-state index contributed by atoms with van der Waals surface area (Å²) in [5.74, 6) is -6.97. The molecule has 94 heavy (non-hydrogen) atoms. The number of benzene rings is 4. The summed E-state index contributed by atoms with van der Waals surface area (Å²) in [5.41, 5.74) is 9.85. The van der Waals surface area contributed by atoms with Crippen molar-refractivity contribution >= 4 is 79.7 Å². The number of fused-ring (bicyclic) bond motifs is 1. The smallest absolute Gasteiger partial charge is 0.251 e. The maximum atomic E-state index is 15.2. The lowest BCUT2D eigenvalue weighted by molar-refractivity contribution is -0.136. The van der Waals surface area contributed by atoms with Crippen LogP contribution in [-0.2, 0) is 59.4 Å². The number of amides is 8. The number of hydrogen-bond donors (Lipinski definition) is 16. The van der Waals surface area contributed by atoms with Crippen LogP contribution in [0.5, 0.6) is 0 Å². The molecule has 7 rings (SSSR count). The maximum Gasteiger partial charge on any atom is 0.251 e. The molecular formula is C67H94N14O11S2. The van der Waals surface area contributed by atoms with Crippen molar-refractivity contribution in [3.63, 3.8) is 0 Å². The Kier molecular flexibility index (Phi) is 31.0. The fourth-order valence-electron chi connectivity index (χ4n) is 10.9. The van der Waals surface area contributed by atoms with Gasteiger partial charge in [-0.25, -0.2) is 0 Å². The first-order chi connectivity index (χ1) is 45.5. The van der Waals surface area contributed by atoms with E-state index in [1.807, 2.05) is 42.5 Å². The largest absolute Gasteiger partial charge is 0.394 e. The number of nitrogens with two attached hydrogens (primary N) is 1. The highest BCUT2D eigenvalue weighted by molar-refractivity contribution is 8.76. The highest BCUT2D eigenvalue weighted by Crippen LogP contribution is 2.25. The predicted molar refractivity (Wildman–Crippen MR) is 365 cm³/mol.